The zero-order valence-corrected chi connectivity index (χ0v) is 17.2. The number of carbonyl (C=O) groups is 3. The minimum Gasteiger partial charge on any atom is -0.337 e. The molecular formula is C23H19FN4O4. The summed E-state index contributed by atoms with van der Waals surface area (Å²) in [5.74, 6) is -2.98. The maximum Gasteiger partial charge on any atom is 0.272 e. The molecule has 9 heteroatoms. The van der Waals surface area contributed by atoms with Crippen LogP contribution in [0.3, 0.4) is 0 Å². The Morgan fingerprint density at radius 2 is 1.72 bits per heavy atom. The van der Waals surface area contributed by atoms with Gasteiger partial charge in [0.15, 0.2) is 0 Å². The second-order valence-electron chi connectivity index (χ2n) is 8.19. The predicted molar refractivity (Wildman–Crippen MR) is 112 cm³/mol. The van der Waals surface area contributed by atoms with Crippen molar-refractivity contribution in [2.75, 3.05) is 20.1 Å². The van der Waals surface area contributed by atoms with Crippen LogP contribution in [0, 0.1) is 17.7 Å². The second-order valence-corrected chi connectivity index (χ2v) is 8.19. The van der Waals surface area contributed by atoms with Crippen molar-refractivity contribution in [3.05, 3.63) is 75.5 Å². The largest absolute Gasteiger partial charge is 0.337 e. The number of nitrogens with one attached hydrogen (secondary N) is 1. The smallest absolute Gasteiger partial charge is 0.272 e. The number of benzene rings is 2. The molecule has 0 bridgehead atoms. The van der Waals surface area contributed by atoms with E-state index in [1.165, 1.54) is 24.1 Å². The summed E-state index contributed by atoms with van der Waals surface area (Å²) in [4.78, 5) is 51.9. The lowest BCUT2D eigenvalue weighted by molar-refractivity contribution is -0.138. The van der Waals surface area contributed by atoms with E-state index in [1.54, 1.807) is 30.3 Å². The molecule has 5 rings (SSSR count). The molecule has 32 heavy (non-hydrogen) atoms. The molecule has 2 unspecified atom stereocenters. The lowest BCUT2D eigenvalue weighted by Crippen LogP contribution is -2.36. The number of likely N-dealkylation sites (tertiary alicyclic amines) is 2. The van der Waals surface area contributed by atoms with E-state index in [-0.39, 0.29) is 42.4 Å². The number of halogens is 1. The first-order valence-electron chi connectivity index (χ1n) is 10.2. The summed E-state index contributed by atoms with van der Waals surface area (Å²) in [5.41, 5.74) is 0.823. The summed E-state index contributed by atoms with van der Waals surface area (Å²) in [6.07, 6.45) is 0.283. The van der Waals surface area contributed by atoms with E-state index < -0.39 is 23.6 Å². The number of fused-ring (bicyclic) bond motifs is 2. The first-order valence-corrected chi connectivity index (χ1v) is 10.2. The van der Waals surface area contributed by atoms with Crippen molar-refractivity contribution in [1.29, 1.82) is 0 Å². The lowest BCUT2D eigenvalue weighted by atomic mass is 10.00. The average Bonchev–Trinajstić information content (AvgIpc) is 3.32. The molecule has 3 aromatic rings. The van der Waals surface area contributed by atoms with Gasteiger partial charge in [-0.2, -0.15) is 5.10 Å². The molecule has 2 aromatic carbocycles. The summed E-state index contributed by atoms with van der Waals surface area (Å²) in [6.45, 7) is 0.183. The molecule has 0 radical (unpaired) electrons. The number of rotatable bonds is 3. The Labute approximate surface area is 181 Å². The molecule has 1 N–H and O–H groups in total. The van der Waals surface area contributed by atoms with Gasteiger partial charge in [0.2, 0.25) is 11.8 Å². The fourth-order valence-corrected chi connectivity index (χ4v) is 4.59. The van der Waals surface area contributed by atoms with E-state index in [9.17, 15) is 23.6 Å². The number of carbonyl (C=O) groups excluding carboxylic acids is 3. The van der Waals surface area contributed by atoms with Crippen LogP contribution in [0.25, 0.3) is 10.8 Å². The number of aromatic amines is 1. The molecule has 2 fully saturated rings. The number of nitrogens with zero attached hydrogens (tertiary/aromatic N) is 3. The van der Waals surface area contributed by atoms with Crippen LogP contribution in [0.5, 0.6) is 0 Å². The van der Waals surface area contributed by atoms with Crippen LogP contribution in [0.4, 0.5) is 4.39 Å². The molecule has 2 aliphatic heterocycles. The van der Waals surface area contributed by atoms with Gasteiger partial charge < -0.3 is 4.90 Å². The fraction of sp³-hybridized carbons (Fsp3) is 0.261. The first-order chi connectivity index (χ1) is 15.3. The molecule has 3 amide bonds. The maximum absolute atomic E-state index is 14.6. The molecule has 2 atom stereocenters. The van der Waals surface area contributed by atoms with Crippen molar-refractivity contribution in [2.45, 2.75) is 6.42 Å². The zero-order chi connectivity index (χ0) is 22.6. The van der Waals surface area contributed by atoms with Gasteiger partial charge in [-0.25, -0.2) is 9.49 Å². The lowest BCUT2D eigenvalue weighted by Gasteiger charge is -2.19. The Kier molecular flexibility index (Phi) is 4.61. The minimum absolute atomic E-state index is 0.0915. The highest BCUT2D eigenvalue weighted by atomic mass is 19.1. The van der Waals surface area contributed by atoms with E-state index in [2.05, 4.69) is 10.2 Å². The highest BCUT2D eigenvalue weighted by Crippen LogP contribution is 2.33. The van der Waals surface area contributed by atoms with Gasteiger partial charge >= 0.3 is 0 Å². The predicted octanol–water partition coefficient (Wildman–Crippen LogP) is 1.34. The number of hydrogen-bond acceptors (Lipinski definition) is 5. The number of hydrogen-bond donors (Lipinski definition) is 1. The van der Waals surface area contributed by atoms with Crippen LogP contribution in [0.15, 0.2) is 47.3 Å². The Balaban J connectivity index is 1.43. The molecule has 162 valence electrons. The van der Waals surface area contributed by atoms with Crippen LogP contribution in [0.2, 0.25) is 0 Å². The van der Waals surface area contributed by atoms with E-state index in [1.807, 2.05) is 0 Å². The van der Waals surface area contributed by atoms with Crippen LogP contribution in [-0.4, -0.2) is 57.9 Å². The standard InChI is InChI=1S/C23H19FN4O4/c1-27-21(30)16-10-28(11-17(16)22(27)31)23(32)15-8-12(6-7-18(15)24)9-19-13-4-2-3-5-14(13)20(29)26-25-19/h2-8,16-17H,9-11H2,1H3,(H,26,29). The van der Waals surface area contributed by atoms with Gasteiger partial charge in [0.05, 0.1) is 28.5 Å². The van der Waals surface area contributed by atoms with Crippen LogP contribution >= 0.6 is 0 Å². The van der Waals surface area contributed by atoms with E-state index in [4.69, 9.17) is 0 Å². The van der Waals surface area contributed by atoms with Gasteiger partial charge in [-0.15, -0.1) is 0 Å². The Morgan fingerprint density at radius 1 is 1.06 bits per heavy atom. The summed E-state index contributed by atoms with van der Waals surface area (Å²) < 4.78 is 14.6. The molecule has 0 saturated carbocycles. The molecule has 3 heterocycles. The van der Waals surface area contributed by atoms with Gasteiger partial charge in [0.1, 0.15) is 5.82 Å². The minimum atomic E-state index is -0.676. The van der Waals surface area contributed by atoms with E-state index >= 15 is 0 Å². The number of amides is 3. The summed E-state index contributed by atoms with van der Waals surface area (Å²) >= 11 is 0. The van der Waals surface area contributed by atoms with Gasteiger partial charge in [-0.3, -0.25) is 24.1 Å². The quantitative estimate of drug-likeness (QED) is 0.627. The molecule has 2 aliphatic rings. The topological polar surface area (TPSA) is 103 Å². The first kappa shape index (κ1) is 20.0. The van der Waals surface area contributed by atoms with Gasteiger partial charge in [-0.1, -0.05) is 24.3 Å². The third-order valence-corrected chi connectivity index (χ3v) is 6.31. The molecule has 8 nitrogen and oxygen atoms in total. The number of aromatic nitrogens is 2. The Bertz CT molecular complexity index is 1330. The monoisotopic (exact) mass is 434 g/mol. The Hall–Kier alpha value is -3.88. The highest BCUT2D eigenvalue weighted by Gasteiger charge is 2.52. The van der Waals surface area contributed by atoms with Gasteiger partial charge in [0, 0.05) is 31.9 Å². The SMILES string of the molecule is CN1C(=O)C2CN(C(=O)c3cc(Cc4n[nH]c(=O)c5ccccc45)ccc3F)CC2C1=O. The third-order valence-electron chi connectivity index (χ3n) is 6.31. The maximum atomic E-state index is 14.6. The highest BCUT2D eigenvalue weighted by molar-refractivity contribution is 6.06. The number of imide groups is 1. The van der Waals surface area contributed by atoms with Crippen LogP contribution < -0.4 is 5.56 Å². The molecular weight excluding hydrogens is 415 g/mol. The molecule has 2 saturated heterocycles. The third kappa shape index (κ3) is 3.08. The summed E-state index contributed by atoms with van der Waals surface area (Å²) in [6, 6.07) is 11.3. The van der Waals surface area contributed by atoms with Crippen molar-refractivity contribution < 1.29 is 18.8 Å². The summed E-state index contributed by atoms with van der Waals surface area (Å²) in [5, 5.41) is 7.78. The van der Waals surface area contributed by atoms with Crippen molar-refractivity contribution in [2.24, 2.45) is 11.8 Å². The summed E-state index contributed by atoms with van der Waals surface area (Å²) in [7, 11) is 1.44. The van der Waals surface area contributed by atoms with Crippen molar-refractivity contribution >= 4 is 28.5 Å². The van der Waals surface area contributed by atoms with Crippen LogP contribution in [-0.2, 0) is 16.0 Å². The fourth-order valence-electron chi connectivity index (χ4n) is 4.59. The number of H-pyrrole nitrogens is 1. The zero-order valence-electron chi connectivity index (χ0n) is 17.2. The van der Waals surface area contributed by atoms with Crippen molar-refractivity contribution in [1.82, 2.24) is 20.0 Å². The van der Waals surface area contributed by atoms with Crippen molar-refractivity contribution in [3.8, 4) is 0 Å². The molecule has 0 aliphatic carbocycles. The van der Waals surface area contributed by atoms with E-state index in [0.29, 0.717) is 22.0 Å². The van der Waals surface area contributed by atoms with Gasteiger partial charge in [0.25, 0.3) is 11.5 Å². The molecule has 0 spiro atoms. The normalized spacial score (nSPS) is 20.3. The van der Waals surface area contributed by atoms with Crippen molar-refractivity contribution in [3.63, 3.8) is 0 Å². The van der Waals surface area contributed by atoms with Crippen LogP contribution in [0.1, 0.15) is 21.6 Å². The average molecular weight is 434 g/mol. The second kappa shape index (κ2) is 7.37. The van der Waals surface area contributed by atoms with Gasteiger partial charge in [-0.05, 0) is 23.8 Å². The Morgan fingerprint density at radius 3 is 2.41 bits per heavy atom. The van der Waals surface area contributed by atoms with E-state index in [0.717, 1.165) is 4.90 Å². The molecule has 1 aromatic heterocycles.